The summed E-state index contributed by atoms with van der Waals surface area (Å²) in [7, 11) is -3.75. The zero-order valence-electron chi connectivity index (χ0n) is 14.4. The van der Waals surface area contributed by atoms with Gasteiger partial charge >= 0.3 is 0 Å². The minimum atomic E-state index is -3.75. The predicted octanol–water partition coefficient (Wildman–Crippen LogP) is 4.00. The van der Waals surface area contributed by atoms with Crippen LogP contribution < -0.4 is 11.1 Å². The molecule has 1 aliphatic heterocycles. The van der Waals surface area contributed by atoms with Crippen molar-refractivity contribution in [3.63, 3.8) is 0 Å². The van der Waals surface area contributed by atoms with Crippen LogP contribution >= 0.6 is 23.2 Å². The normalized spacial score (nSPS) is 15.5. The number of benzene rings is 2. The molecule has 0 unspecified atom stereocenters. The minimum absolute atomic E-state index is 0.0166. The number of hydrogen-bond acceptors (Lipinski definition) is 4. The molecule has 0 atom stereocenters. The van der Waals surface area contributed by atoms with Crippen molar-refractivity contribution in [2.75, 3.05) is 24.1 Å². The Labute approximate surface area is 168 Å². The van der Waals surface area contributed by atoms with Gasteiger partial charge in [0.15, 0.2) is 0 Å². The zero-order chi connectivity index (χ0) is 19.6. The molecule has 1 aliphatic rings. The van der Waals surface area contributed by atoms with Gasteiger partial charge in [-0.25, -0.2) is 8.42 Å². The maximum Gasteiger partial charge on any atom is 0.257 e. The average molecular weight is 428 g/mol. The molecule has 1 saturated heterocycles. The summed E-state index contributed by atoms with van der Waals surface area (Å²) in [6.07, 6.45) is 2.64. The van der Waals surface area contributed by atoms with Crippen molar-refractivity contribution in [2.45, 2.75) is 24.2 Å². The summed E-state index contributed by atoms with van der Waals surface area (Å²) in [5.41, 5.74) is 6.30. The van der Waals surface area contributed by atoms with Crippen molar-refractivity contribution < 1.29 is 13.2 Å². The van der Waals surface area contributed by atoms with Gasteiger partial charge < -0.3 is 11.1 Å². The van der Waals surface area contributed by atoms with E-state index in [0.717, 1.165) is 19.3 Å². The van der Waals surface area contributed by atoms with Crippen LogP contribution in [0.25, 0.3) is 0 Å². The zero-order valence-corrected chi connectivity index (χ0v) is 16.7. The van der Waals surface area contributed by atoms with Gasteiger partial charge in [0, 0.05) is 18.8 Å². The van der Waals surface area contributed by atoms with E-state index in [4.69, 9.17) is 28.9 Å². The molecule has 2 aromatic rings. The number of halogens is 2. The molecule has 1 heterocycles. The molecular formula is C18H19Cl2N3O3S. The third-order valence-corrected chi connectivity index (χ3v) is 6.98. The topological polar surface area (TPSA) is 92.5 Å². The van der Waals surface area contributed by atoms with Crippen molar-refractivity contribution in [3.05, 3.63) is 52.0 Å². The second-order valence-corrected chi connectivity index (χ2v) is 8.99. The number of rotatable bonds is 4. The van der Waals surface area contributed by atoms with E-state index < -0.39 is 15.9 Å². The van der Waals surface area contributed by atoms with Gasteiger partial charge in [0.05, 0.1) is 26.2 Å². The quantitative estimate of drug-likeness (QED) is 0.720. The summed E-state index contributed by atoms with van der Waals surface area (Å²) in [5.74, 6) is -0.567. The van der Waals surface area contributed by atoms with Crippen LogP contribution in [0.3, 0.4) is 0 Å². The monoisotopic (exact) mass is 427 g/mol. The summed E-state index contributed by atoms with van der Waals surface area (Å²) < 4.78 is 27.4. The number of anilines is 2. The van der Waals surface area contributed by atoms with Crippen LogP contribution in [0.5, 0.6) is 0 Å². The van der Waals surface area contributed by atoms with Crippen molar-refractivity contribution in [3.8, 4) is 0 Å². The molecule has 27 heavy (non-hydrogen) atoms. The molecule has 0 saturated carbocycles. The lowest BCUT2D eigenvalue weighted by Gasteiger charge is -2.26. The summed E-state index contributed by atoms with van der Waals surface area (Å²) in [6, 6.07) is 9.07. The fourth-order valence-electron chi connectivity index (χ4n) is 2.98. The van der Waals surface area contributed by atoms with Crippen LogP contribution in [0, 0.1) is 0 Å². The molecule has 0 spiro atoms. The van der Waals surface area contributed by atoms with E-state index in [0.29, 0.717) is 18.8 Å². The number of carbonyl (C=O) groups excluding carboxylic acids is 1. The number of amides is 1. The first-order valence-electron chi connectivity index (χ1n) is 8.46. The van der Waals surface area contributed by atoms with E-state index in [1.54, 1.807) is 12.1 Å². The molecule has 1 fully saturated rings. The Hall–Kier alpha value is -1.80. The number of nitrogens with zero attached hydrogens (tertiary/aromatic N) is 1. The van der Waals surface area contributed by atoms with E-state index in [1.807, 2.05) is 0 Å². The number of nitrogens with two attached hydrogens (primary N) is 1. The Morgan fingerprint density at radius 3 is 2.26 bits per heavy atom. The number of hydrogen-bond donors (Lipinski definition) is 2. The predicted molar refractivity (Wildman–Crippen MR) is 108 cm³/mol. The van der Waals surface area contributed by atoms with E-state index in [-0.39, 0.29) is 26.2 Å². The van der Waals surface area contributed by atoms with Crippen LogP contribution in [0.2, 0.25) is 10.0 Å². The summed E-state index contributed by atoms with van der Waals surface area (Å²) in [4.78, 5) is 12.7. The van der Waals surface area contributed by atoms with Crippen LogP contribution in [0.15, 0.2) is 41.3 Å². The molecule has 2 aromatic carbocycles. The standard InChI is InChI=1S/C18H19Cl2N3O3S/c19-14-10-12(11-15(20)17(14)21)22-18(24)13-6-2-3-7-16(13)27(25,26)23-8-4-1-5-9-23/h2-3,6-7,10-11H,1,4-5,8-9,21H2,(H,22,24). The Morgan fingerprint density at radius 2 is 1.63 bits per heavy atom. The van der Waals surface area contributed by atoms with Crippen molar-refractivity contribution in [2.24, 2.45) is 0 Å². The summed E-state index contributed by atoms with van der Waals surface area (Å²) >= 11 is 12.0. The Balaban J connectivity index is 1.92. The molecule has 3 rings (SSSR count). The van der Waals surface area contributed by atoms with E-state index in [1.165, 1.54) is 28.6 Å². The highest BCUT2D eigenvalue weighted by atomic mass is 35.5. The number of piperidine rings is 1. The van der Waals surface area contributed by atoms with Gasteiger partial charge in [-0.1, -0.05) is 41.8 Å². The van der Waals surface area contributed by atoms with Gasteiger partial charge in [0.25, 0.3) is 5.91 Å². The SMILES string of the molecule is Nc1c(Cl)cc(NC(=O)c2ccccc2S(=O)(=O)N2CCCCC2)cc1Cl. The molecule has 9 heteroatoms. The largest absolute Gasteiger partial charge is 0.396 e. The first-order valence-corrected chi connectivity index (χ1v) is 10.7. The third-order valence-electron chi connectivity index (χ3n) is 4.40. The Bertz CT molecular complexity index is 951. The van der Waals surface area contributed by atoms with Gasteiger partial charge in [-0.15, -0.1) is 0 Å². The Kier molecular flexibility index (Phi) is 5.95. The van der Waals surface area contributed by atoms with Gasteiger partial charge in [-0.3, -0.25) is 4.79 Å². The second kappa shape index (κ2) is 8.06. The smallest absolute Gasteiger partial charge is 0.257 e. The maximum atomic E-state index is 13.0. The van der Waals surface area contributed by atoms with E-state index >= 15 is 0 Å². The first-order chi connectivity index (χ1) is 12.8. The molecule has 6 nitrogen and oxygen atoms in total. The summed E-state index contributed by atoms with van der Waals surface area (Å²) in [6.45, 7) is 0.920. The van der Waals surface area contributed by atoms with Gasteiger partial charge in [-0.05, 0) is 37.1 Å². The molecule has 0 aromatic heterocycles. The highest BCUT2D eigenvalue weighted by Gasteiger charge is 2.29. The molecular weight excluding hydrogens is 409 g/mol. The van der Waals surface area contributed by atoms with Gasteiger partial charge in [-0.2, -0.15) is 4.31 Å². The summed E-state index contributed by atoms with van der Waals surface area (Å²) in [5, 5.41) is 3.04. The van der Waals surface area contributed by atoms with Crippen molar-refractivity contribution >= 4 is 50.5 Å². The number of nitrogens with one attached hydrogen (secondary N) is 1. The maximum absolute atomic E-state index is 13.0. The highest BCUT2D eigenvalue weighted by molar-refractivity contribution is 7.89. The lowest BCUT2D eigenvalue weighted by atomic mass is 10.2. The lowest BCUT2D eigenvalue weighted by Crippen LogP contribution is -2.36. The fraction of sp³-hybridized carbons (Fsp3) is 0.278. The first kappa shape index (κ1) is 19.9. The van der Waals surface area contributed by atoms with E-state index in [9.17, 15) is 13.2 Å². The number of sulfonamides is 1. The fourth-order valence-corrected chi connectivity index (χ4v) is 5.17. The van der Waals surface area contributed by atoms with Crippen LogP contribution in [-0.2, 0) is 10.0 Å². The van der Waals surface area contributed by atoms with Crippen LogP contribution in [0.4, 0.5) is 11.4 Å². The number of nitrogen functional groups attached to an aromatic ring is 1. The van der Waals surface area contributed by atoms with E-state index in [2.05, 4.69) is 5.32 Å². The Morgan fingerprint density at radius 1 is 1.04 bits per heavy atom. The lowest BCUT2D eigenvalue weighted by molar-refractivity contribution is 0.102. The minimum Gasteiger partial charge on any atom is -0.396 e. The third kappa shape index (κ3) is 4.21. The highest BCUT2D eigenvalue weighted by Crippen LogP contribution is 2.32. The molecule has 3 N–H and O–H groups in total. The molecule has 0 radical (unpaired) electrons. The van der Waals surface area contributed by atoms with Gasteiger partial charge in [0.2, 0.25) is 10.0 Å². The van der Waals surface area contributed by atoms with Crippen LogP contribution in [0.1, 0.15) is 29.6 Å². The van der Waals surface area contributed by atoms with Crippen LogP contribution in [-0.4, -0.2) is 31.7 Å². The van der Waals surface area contributed by atoms with Crippen molar-refractivity contribution in [1.82, 2.24) is 4.31 Å². The molecule has 0 bridgehead atoms. The number of carbonyl (C=O) groups is 1. The average Bonchev–Trinajstić information content (AvgIpc) is 2.66. The molecule has 144 valence electrons. The van der Waals surface area contributed by atoms with Gasteiger partial charge in [0.1, 0.15) is 0 Å². The second-order valence-electron chi connectivity index (χ2n) is 6.27. The molecule has 0 aliphatic carbocycles. The molecule has 1 amide bonds. The van der Waals surface area contributed by atoms with Crippen molar-refractivity contribution in [1.29, 1.82) is 0 Å².